The molecule has 1 rings (SSSR count). The monoisotopic (exact) mass is 303 g/mol. The molecule has 1 amide bonds. The Hall–Kier alpha value is -1.26. The van der Waals surface area contributed by atoms with E-state index in [4.69, 9.17) is 28.3 Å². The minimum atomic E-state index is -1.05. The molecule has 6 heteroatoms. The summed E-state index contributed by atoms with van der Waals surface area (Å²) >= 11 is 11.7. The van der Waals surface area contributed by atoms with Crippen molar-refractivity contribution in [3.05, 3.63) is 33.8 Å². The van der Waals surface area contributed by atoms with Gasteiger partial charge in [-0.15, -0.1) is 0 Å². The maximum atomic E-state index is 11.8. The number of aliphatic carboxylic acids is 1. The predicted octanol–water partition coefficient (Wildman–Crippen LogP) is 2.76. The molecule has 19 heavy (non-hydrogen) atoms. The Morgan fingerprint density at radius 3 is 2.42 bits per heavy atom. The number of carbonyl (C=O) groups excluding carboxylic acids is 1. The summed E-state index contributed by atoms with van der Waals surface area (Å²) in [4.78, 5) is 22.8. The molecule has 4 nitrogen and oxygen atoms in total. The first-order chi connectivity index (χ1) is 8.81. The van der Waals surface area contributed by atoms with Crippen LogP contribution in [-0.2, 0) is 16.0 Å². The minimum absolute atomic E-state index is 0.0203. The van der Waals surface area contributed by atoms with Gasteiger partial charge >= 0.3 is 5.97 Å². The van der Waals surface area contributed by atoms with Crippen LogP contribution in [-0.4, -0.2) is 23.0 Å². The zero-order valence-corrected chi connectivity index (χ0v) is 12.1. The molecule has 0 aromatic heterocycles. The normalized spacial score (nSPS) is 12.3. The Balaban J connectivity index is 2.72. The molecule has 0 heterocycles. The number of halogens is 2. The van der Waals surface area contributed by atoms with E-state index in [1.165, 1.54) is 0 Å². The number of rotatable bonds is 5. The van der Waals surface area contributed by atoms with Crippen molar-refractivity contribution in [1.82, 2.24) is 5.32 Å². The smallest absolute Gasteiger partial charge is 0.326 e. The lowest BCUT2D eigenvalue weighted by Crippen LogP contribution is -2.44. The highest BCUT2D eigenvalue weighted by molar-refractivity contribution is 6.35. The van der Waals surface area contributed by atoms with E-state index in [9.17, 15) is 9.59 Å². The maximum absolute atomic E-state index is 11.8. The van der Waals surface area contributed by atoms with E-state index in [-0.39, 0.29) is 18.2 Å². The van der Waals surface area contributed by atoms with Gasteiger partial charge in [-0.2, -0.15) is 0 Å². The van der Waals surface area contributed by atoms with Crippen LogP contribution in [0.5, 0.6) is 0 Å². The van der Waals surface area contributed by atoms with E-state index in [1.54, 1.807) is 32.0 Å². The van der Waals surface area contributed by atoms with Crippen LogP contribution in [0.15, 0.2) is 18.2 Å². The van der Waals surface area contributed by atoms with E-state index < -0.39 is 12.0 Å². The molecular weight excluding hydrogens is 289 g/mol. The van der Waals surface area contributed by atoms with Gasteiger partial charge in [0.1, 0.15) is 6.04 Å². The first kappa shape index (κ1) is 15.8. The summed E-state index contributed by atoms with van der Waals surface area (Å²) in [6.07, 6.45) is 0.0203. The lowest BCUT2D eigenvalue weighted by atomic mass is 10.0. The number of carbonyl (C=O) groups is 2. The standard InChI is InChI=1S/C13H15Cl2NO3/c1-7(2)12(13(18)19)16-11(17)5-8-3-4-9(14)6-10(8)15/h3-4,6-7,12H,5H2,1-2H3,(H,16,17)(H,18,19)/t12-/m0/s1. The van der Waals surface area contributed by atoms with Crippen molar-refractivity contribution in [1.29, 1.82) is 0 Å². The first-order valence-electron chi connectivity index (χ1n) is 5.77. The SMILES string of the molecule is CC(C)[C@H](NC(=O)Cc1ccc(Cl)cc1Cl)C(=O)O. The van der Waals surface area contributed by atoms with Crippen LogP contribution in [0.4, 0.5) is 0 Å². The predicted molar refractivity (Wildman–Crippen MR) is 74.6 cm³/mol. The van der Waals surface area contributed by atoms with Crippen LogP contribution in [0.3, 0.4) is 0 Å². The molecule has 0 radical (unpaired) electrons. The fourth-order valence-electron chi connectivity index (χ4n) is 1.58. The molecule has 0 bridgehead atoms. The summed E-state index contributed by atoms with van der Waals surface area (Å²) in [7, 11) is 0. The molecule has 2 N–H and O–H groups in total. The molecule has 0 spiro atoms. The van der Waals surface area contributed by atoms with E-state index >= 15 is 0 Å². The first-order valence-corrected chi connectivity index (χ1v) is 6.53. The molecule has 0 saturated heterocycles. The molecule has 1 atom stereocenters. The number of hydrogen-bond donors (Lipinski definition) is 2. The molecule has 0 aliphatic carbocycles. The van der Waals surface area contributed by atoms with Crippen molar-refractivity contribution in [3.63, 3.8) is 0 Å². The van der Waals surface area contributed by atoms with E-state index in [0.29, 0.717) is 15.6 Å². The highest BCUT2D eigenvalue weighted by atomic mass is 35.5. The third-order valence-corrected chi connectivity index (χ3v) is 3.20. The van der Waals surface area contributed by atoms with Crippen LogP contribution in [0.1, 0.15) is 19.4 Å². The lowest BCUT2D eigenvalue weighted by Gasteiger charge is -2.18. The van der Waals surface area contributed by atoms with E-state index in [1.807, 2.05) is 0 Å². The largest absolute Gasteiger partial charge is 0.480 e. The average molecular weight is 304 g/mol. The number of carboxylic acid groups (broad SMARTS) is 1. The fraction of sp³-hybridized carbons (Fsp3) is 0.385. The van der Waals surface area contributed by atoms with E-state index in [0.717, 1.165) is 0 Å². The zero-order valence-electron chi connectivity index (χ0n) is 10.6. The number of benzene rings is 1. The summed E-state index contributed by atoms with van der Waals surface area (Å²) in [5.74, 6) is -1.63. The van der Waals surface area contributed by atoms with Crippen molar-refractivity contribution >= 4 is 35.1 Å². The summed E-state index contributed by atoms with van der Waals surface area (Å²) in [6.45, 7) is 3.46. The summed E-state index contributed by atoms with van der Waals surface area (Å²) in [5.41, 5.74) is 0.608. The Kier molecular flexibility index (Phi) is 5.63. The Morgan fingerprint density at radius 2 is 1.95 bits per heavy atom. The van der Waals surface area contributed by atoms with Crippen molar-refractivity contribution in [2.75, 3.05) is 0 Å². The molecule has 0 aliphatic heterocycles. The fourth-order valence-corrected chi connectivity index (χ4v) is 2.05. The van der Waals surface area contributed by atoms with Gasteiger partial charge in [0.25, 0.3) is 0 Å². The van der Waals surface area contributed by atoms with Crippen molar-refractivity contribution < 1.29 is 14.7 Å². The van der Waals surface area contributed by atoms with Gasteiger partial charge in [0.2, 0.25) is 5.91 Å². The molecule has 1 aromatic rings. The van der Waals surface area contributed by atoms with Crippen molar-refractivity contribution in [2.24, 2.45) is 5.92 Å². The Morgan fingerprint density at radius 1 is 1.32 bits per heavy atom. The van der Waals surface area contributed by atoms with Crippen molar-refractivity contribution in [2.45, 2.75) is 26.3 Å². The average Bonchev–Trinajstić information content (AvgIpc) is 2.29. The molecule has 0 fully saturated rings. The second-order valence-electron chi connectivity index (χ2n) is 4.54. The Bertz CT molecular complexity index is 489. The minimum Gasteiger partial charge on any atom is -0.480 e. The molecule has 0 saturated carbocycles. The van der Waals surface area contributed by atoms with Gasteiger partial charge in [-0.3, -0.25) is 4.79 Å². The molecule has 1 aromatic carbocycles. The van der Waals surface area contributed by atoms with Gasteiger partial charge in [0, 0.05) is 10.0 Å². The van der Waals surface area contributed by atoms with Gasteiger partial charge < -0.3 is 10.4 Å². The molecule has 0 aliphatic rings. The highest BCUT2D eigenvalue weighted by Crippen LogP contribution is 2.21. The second kappa shape index (κ2) is 6.78. The molecule has 104 valence electrons. The van der Waals surface area contributed by atoms with Crippen LogP contribution >= 0.6 is 23.2 Å². The third-order valence-electron chi connectivity index (χ3n) is 2.62. The van der Waals surface area contributed by atoms with Crippen LogP contribution < -0.4 is 5.32 Å². The van der Waals surface area contributed by atoms with Crippen molar-refractivity contribution in [3.8, 4) is 0 Å². The van der Waals surface area contributed by atoms with Gasteiger partial charge in [0.15, 0.2) is 0 Å². The third kappa shape index (κ3) is 4.73. The van der Waals surface area contributed by atoms with Gasteiger partial charge in [-0.25, -0.2) is 4.79 Å². The molecular formula is C13H15Cl2NO3. The second-order valence-corrected chi connectivity index (χ2v) is 5.38. The Labute approximate surface area is 121 Å². The number of hydrogen-bond acceptors (Lipinski definition) is 2. The lowest BCUT2D eigenvalue weighted by molar-refractivity contribution is -0.143. The zero-order chi connectivity index (χ0) is 14.6. The van der Waals surface area contributed by atoms with Crippen LogP contribution in [0.2, 0.25) is 10.0 Å². The highest BCUT2D eigenvalue weighted by Gasteiger charge is 2.23. The van der Waals surface area contributed by atoms with Crippen LogP contribution in [0.25, 0.3) is 0 Å². The van der Waals surface area contributed by atoms with E-state index in [2.05, 4.69) is 5.32 Å². The molecule has 0 unspecified atom stereocenters. The summed E-state index contributed by atoms with van der Waals surface area (Å²) < 4.78 is 0. The summed E-state index contributed by atoms with van der Waals surface area (Å²) in [6, 6.07) is 3.92. The number of nitrogens with one attached hydrogen (secondary N) is 1. The van der Waals surface area contributed by atoms with Gasteiger partial charge in [-0.1, -0.05) is 43.1 Å². The summed E-state index contributed by atoms with van der Waals surface area (Å²) in [5, 5.41) is 12.3. The van der Waals surface area contributed by atoms with Gasteiger partial charge in [-0.05, 0) is 23.6 Å². The quantitative estimate of drug-likeness (QED) is 0.879. The number of carboxylic acids is 1. The maximum Gasteiger partial charge on any atom is 0.326 e. The number of amides is 1. The van der Waals surface area contributed by atoms with Gasteiger partial charge in [0.05, 0.1) is 6.42 Å². The topological polar surface area (TPSA) is 66.4 Å². The van der Waals surface area contributed by atoms with Crippen LogP contribution in [0, 0.1) is 5.92 Å².